The Morgan fingerprint density at radius 3 is 2.59 bits per heavy atom. The molecule has 7 heteroatoms. The Balaban J connectivity index is 2.04. The van der Waals surface area contributed by atoms with Crippen molar-refractivity contribution in [3.05, 3.63) is 29.8 Å². The van der Waals surface area contributed by atoms with E-state index < -0.39 is 21.7 Å². The summed E-state index contributed by atoms with van der Waals surface area (Å²) in [6, 6.07) is 2.34. The normalized spacial score (nSPS) is 16.1. The highest BCUT2D eigenvalue weighted by Gasteiger charge is 2.23. The fraction of sp³-hybridized carbons (Fsp3) is 0.400. The van der Waals surface area contributed by atoms with Crippen LogP contribution in [-0.4, -0.2) is 15.0 Å². The monoisotopic (exact) mass is 263 g/mol. The van der Waals surface area contributed by atoms with Gasteiger partial charge in [0.25, 0.3) is 10.0 Å². The van der Waals surface area contributed by atoms with E-state index in [0.29, 0.717) is 18.6 Å². The lowest BCUT2D eigenvalue weighted by Crippen LogP contribution is -2.25. The van der Waals surface area contributed by atoms with Crippen molar-refractivity contribution >= 4 is 10.0 Å². The van der Waals surface area contributed by atoms with Gasteiger partial charge in [-0.3, -0.25) is 4.84 Å². The quantitative estimate of drug-likeness (QED) is 0.821. The van der Waals surface area contributed by atoms with Gasteiger partial charge in [0.2, 0.25) is 0 Å². The molecule has 2 rings (SSSR count). The molecule has 1 saturated carbocycles. The zero-order valence-corrected chi connectivity index (χ0v) is 9.64. The minimum absolute atomic E-state index is 0.295. The van der Waals surface area contributed by atoms with Gasteiger partial charge in [-0.2, -0.15) is 0 Å². The van der Waals surface area contributed by atoms with Crippen molar-refractivity contribution in [1.29, 1.82) is 0 Å². The van der Waals surface area contributed by atoms with E-state index in [-0.39, 0.29) is 4.90 Å². The molecule has 0 aromatic heterocycles. The van der Waals surface area contributed by atoms with Crippen LogP contribution in [-0.2, 0) is 14.9 Å². The van der Waals surface area contributed by atoms with E-state index in [1.54, 1.807) is 0 Å². The Labute approximate surface area is 97.6 Å². The number of hydrogen-bond acceptors (Lipinski definition) is 3. The predicted molar refractivity (Wildman–Crippen MR) is 55.4 cm³/mol. The number of benzene rings is 1. The van der Waals surface area contributed by atoms with E-state index in [1.807, 2.05) is 4.89 Å². The molecule has 0 radical (unpaired) electrons. The lowest BCUT2D eigenvalue weighted by atomic mass is 10.3. The molecule has 4 nitrogen and oxygen atoms in total. The van der Waals surface area contributed by atoms with Crippen molar-refractivity contribution in [2.24, 2.45) is 5.92 Å². The minimum atomic E-state index is -3.95. The number of sulfonamides is 1. The summed E-state index contributed by atoms with van der Waals surface area (Å²) >= 11 is 0. The molecule has 1 aromatic carbocycles. The molecule has 1 fully saturated rings. The summed E-state index contributed by atoms with van der Waals surface area (Å²) in [5.41, 5.74) is 0. The first-order chi connectivity index (χ1) is 7.99. The van der Waals surface area contributed by atoms with Crippen LogP contribution in [0.4, 0.5) is 8.78 Å². The van der Waals surface area contributed by atoms with Crippen LogP contribution >= 0.6 is 0 Å². The van der Waals surface area contributed by atoms with Crippen LogP contribution in [0, 0.1) is 17.6 Å². The number of rotatable bonds is 5. The molecule has 0 aliphatic heterocycles. The lowest BCUT2D eigenvalue weighted by molar-refractivity contribution is 0.0844. The van der Waals surface area contributed by atoms with Gasteiger partial charge in [0, 0.05) is 0 Å². The van der Waals surface area contributed by atoms with Gasteiger partial charge >= 0.3 is 0 Å². The van der Waals surface area contributed by atoms with Crippen LogP contribution in [0.5, 0.6) is 0 Å². The Hall–Kier alpha value is -1.05. The largest absolute Gasteiger partial charge is 0.287 e. The molecule has 0 unspecified atom stereocenters. The zero-order chi connectivity index (χ0) is 12.5. The number of nitrogens with one attached hydrogen (secondary N) is 1. The van der Waals surface area contributed by atoms with E-state index in [1.165, 1.54) is 0 Å². The van der Waals surface area contributed by atoms with Gasteiger partial charge < -0.3 is 0 Å². The van der Waals surface area contributed by atoms with Gasteiger partial charge in [-0.15, -0.1) is 0 Å². The summed E-state index contributed by atoms with van der Waals surface area (Å²) in [5.74, 6) is -1.92. The Morgan fingerprint density at radius 2 is 2.00 bits per heavy atom. The Bertz CT molecular complexity index is 514. The maximum absolute atomic E-state index is 12.9. The van der Waals surface area contributed by atoms with Crippen molar-refractivity contribution in [3.63, 3.8) is 0 Å². The van der Waals surface area contributed by atoms with Crippen LogP contribution in [0.25, 0.3) is 0 Å². The summed E-state index contributed by atoms with van der Waals surface area (Å²) < 4.78 is 48.6. The molecular formula is C10H11F2NO3S. The maximum Gasteiger partial charge on any atom is 0.262 e. The first kappa shape index (κ1) is 12.4. The molecule has 0 saturated heterocycles. The number of hydrogen-bond donors (Lipinski definition) is 1. The van der Waals surface area contributed by atoms with Crippen LogP contribution in [0.1, 0.15) is 12.8 Å². The van der Waals surface area contributed by atoms with E-state index >= 15 is 0 Å². The zero-order valence-electron chi connectivity index (χ0n) is 8.82. The SMILES string of the molecule is O=S(=O)(NOCC1CC1)c1ccc(F)c(F)c1. The van der Waals surface area contributed by atoms with Gasteiger partial charge in [0.1, 0.15) is 0 Å². The van der Waals surface area contributed by atoms with E-state index in [4.69, 9.17) is 4.84 Å². The van der Waals surface area contributed by atoms with E-state index in [0.717, 1.165) is 25.0 Å². The van der Waals surface area contributed by atoms with Crippen molar-refractivity contribution in [1.82, 2.24) is 4.89 Å². The smallest absolute Gasteiger partial charge is 0.262 e. The fourth-order valence-corrected chi connectivity index (χ4v) is 2.03. The summed E-state index contributed by atoms with van der Waals surface area (Å²) in [7, 11) is -3.95. The molecular weight excluding hydrogens is 252 g/mol. The summed E-state index contributed by atoms with van der Waals surface area (Å²) in [6.07, 6.45) is 2.04. The van der Waals surface area contributed by atoms with Gasteiger partial charge in [-0.1, -0.05) is 4.89 Å². The molecule has 0 heterocycles. The second-order valence-corrected chi connectivity index (χ2v) is 5.56. The highest BCUT2D eigenvalue weighted by Crippen LogP contribution is 2.28. The molecule has 1 aliphatic carbocycles. The molecule has 0 bridgehead atoms. The summed E-state index contributed by atoms with van der Waals surface area (Å²) in [6.45, 7) is 0.295. The van der Waals surface area contributed by atoms with Crippen molar-refractivity contribution < 1.29 is 22.0 Å². The predicted octanol–water partition coefficient (Wildman–Crippen LogP) is 1.58. The topological polar surface area (TPSA) is 55.4 Å². The highest BCUT2D eigenvalue weighted by atomic mass is 32.2. The first-order valence-corrected chi connectivity index (χ1v) is 6.56. The third-order valence-electron chi connectivity index (χ3n) is 2.39. The molecule has 0 atom stereocenters. The minimum Gasteiger partial charge on any atom is -0.287 e. The average molecular weight is 263 g/mol. The highest BCUT2D eigenvalue weighted by molar-refractivity contribution is 7.89. The van der Waals surface area contributed by atoms with Gasteiger partial charge in [0.15, 0.2) is 11.6 Å². The summed E-state index contributed by atoms with van der Waals surface area (Å²) in [4.78, 5) is 6.30. The average Bonchev–Trinajstić information content (AvgIpc) is 3.05. The number of halogens is 2. The van der Waals surface area contributed by atoms with Crippen LogP contribution in [0.15, 0.2) is 23.1 Å². The van der Waals surface area contributed by atoms with Gasteiger partial charge in [-0.25, -0.2) is 17.2 Å². The molecule has 0 amide bonds. The van der Waals surface area contributed by atoms with Crippen molar-refractivity contribution in [3.8, 4) is 0 Å². The molecule has 1 N–H and O–H groups in total. The van der Waals surface area contributed by atoms with E-state index in [9.17, 15) is 17.2 Å². The first-order valence-electron chi connectivity index (χ1n) is 5.08. The van der Waals surface area contributed by atoms with Gasteiger partial charge in [-0.05, 0) is 37.0 Å². The van der Waals surface area contributed by atoms with Crippen molar-refractivity contribution in [2.75, 3.05) is 6.61 Å². The molecule has 1 aromatic rings. The lowest BCUT2D eigenvalue weighted by Gasteiger charge is -2.06. The molecule has 1 aliphatic rings. The second-order valence-electron chi connectivity index (χ2n) is 3.92. The Morgan fingerprint density at radius 1 is 1.29 bits per heavy atom. The van der Waals surface area contributed by atoms with Crippen LogP contribution in [0.3, 0.4) is 0 Å². The third-order valence-corrected chi connectivity index (χ3v) is 3.60. The molecule has 0 spiro atoms. The van der Waals surface area contributed by atoms with Crippen molar-refractivity contribution in [2.45, 2.75) is 17.7 Å². The molecule has 17 heavy (non-hydrogen) atoms. The summed E-state index contributed by atoms with van der Waals surface area (Å²) in [5, 5.41) is 0. The van der Waals surface area contributed by atoms with Crippen LogP contribution < -0.4 is 4.89 Å². The standard InChI is InChI=1S/C10H11F2NO3S/c11-9-4-3-8(5-10(9)12)17(14,15)13-16-6-7-1-2-7/h3-5,7,13H,1-2,6H2. The fourth-order valence-electron chi connectivity index (χ4n) is 1.21. The van der Waals surface area contributed by atoms with Gasteiger partial charge in [0.05, 0.1) is 11.5 Å². The van der Waals surface area contributed by atoms with Crippen LogP contribution in [0.2, 0.25) is 0 Å². The second kappa shape index (κ2) is 4.67. The third kappa shape index (κ3) is 3.21. The Kier molecular flexibility index (Phi) is 3.41. The maximum atomic E-state index is 12.9. The van der Waals surface area contributed by atoms with E-state index in [2.05, 4.69) is 0 Å². The molecule has 94 valence electrons.